The number of esters is 1. The molecule has 5 heteroatoms. The number of benzene rings is 1. The fourth-order valence-electron chi connectivity index (χ4n) is 3.50. The first-order valence-corrected chi connectivity index (χ1v) is 7.93. The summed E-state index contributed by atoms with van der Waals surface area (Å²) in [4.78, 5) is 14.5. The normalized spacial score (nSPS) is 25.4. The van der Waals surface area contributed by atoms with Crippen LogP contribution >= 0.6 is 11.6 Å². The van der Waals surface area contributed by atoms with Crippen molar-refractivity contribution < 1.29 is 9.53 Å². The number of fused-ring (bicyclic) bond motifs is 1. The lowest BCUT2D eigenvalue weighted by Gasteiger charge is -2.35. The van der Waals surface area contributed by atoms with Crippen LogP contribution in [0, 0.1) is 0 Å². The maximum Gasteiger partial charge on any atom is 0.340 e. The number of hydrogen-bond acceptors (Lipinski definition) is 4. The second-order valence-electron chi connectivity index (χ2n) is 5.88. The van der Waals surface area contributed by atoms with Crippen LogP contribution in [-0.4, -0.2) is 43.2 Å². The van der Waals surface area contributed by atoms with E-state index in [1.807, 2.05) is 6.07 Å². The minimum atomic E-state index is -0.349. The third-order valence-electron chi connectivity index (χ3n) is 4.57. The first kappa shape index (κ1) is 14.7. The van der Waals surface area contributed by atoms with Gasteiger partial charge in [0, 0.05) is 29.3 Å². The van der Waals surface area contributed by atoms with E-state index >= 15 is 0 Å². The number of nitrogens with zero attached hydrogens (tertiary/aromatic N) is 1. The molecule has 2 unspecified atom stereocenters. The molecule has 2 saturated heterocycles. The summed E-state index contributed by atoms with van der Waals surface area (Å²) >= 11 is 5.99. The van der Waals surface area contributed by atoms with Gasteiger partial charge in [0.25, 0.3) is 0 Å². The molecule has 1 N–H and O–H groups in total. The highest BCUT2D eigenvalue weighted by Crippen LogP contribution is 2.30. The van der Waals surface area contributed by atoms with Crippen molar-refractivity contribution in [3.05, 3.63) is 28.8 Å². The van der Waals surface area contributed by atoms with Crippen molar-refractivity contribution in [3.63, 3.8) is 0 Å². The number of carbonyl (C=O) groups excluding carboxylic acids is 1. The molecular formula is C16H21ClN2O2. The molecule has 0 spiro atoms. The number of rotatable bonds is 3. The Balaban J connectivity index is 1.74. The number of piperidine rings is 1. The van der Waals surface area contributed by atoms with Crippen molar-refractivity contribution in [1.29, 1.82) is 0 Å². The maximum atomic E-state index is 11.9. The predicted molar refractivity (Wildman–Crippen MR) is 84.0 cm³/mol. The van der Waals surface area contributed by atoms with Crippen LogP contribution in [0.1, 0.15) is 36.0 Å². The van der Waals surface area contributed by atoms with Crippen molar-refractivity contribution >= 4 is 23.3 Å². The molecule has 1 aromatic rings. The molecule has 3 rings (SSSR count). The van der Waals surface area contributed by atoms with Crippen molar-refractivity contribution in [2.24, 2.45) is 0 Å². The van der Waals surface area contributed by atoms with E-state index in [1.54, 1.807) is 12.1 Å². The Morgan fingerprint density at radius 3 is 3.05 bits per heavy atom. The van der Waals surface area contributed by atoms with Gasteiger partial charge in [-0.3, -0.25) is 0 Å². The highest BCUT2D eigenvalue weighted by molar-refractivity contribution is 6.31. The monoisotopic (exact) mass is 308 g/mol. The summed E-state index contributed by atoms with van der Waals surface area (Å²) in [6, 6.07) is 6.45. The van der Waals surface area contributed by atoms with Gasteiger partial charge in [0.1, 0.15) is 0 Å². The molecule has 0 aliphatic carbocycles. The van der Waals surface area contributed by atoms with Gasteiger partial charge in [-0.25, -0.2) is 4.79 Å². The molecule has 0 amide bonds. The van der Waals surface area contributed by atoms with Gasteiger partial charge < -0.3 is 15.0 Å². The Hall–Kier alpha value is -1.26. The van der Waals surface area contributed by atoms with E-state index in [1.165, 1.54) is 26.5 Å². The summed E-state index contributed by atoms with van der Waals surface area (Å²) < 4.78 is 4.84. The summed E-state index contributed by atoms with van der Waals surface area (Å²) in [6.45, 7) is 2.38. The van der Waals surface area contributed by atoms with E-state index in [4.69, 9.17) is 16.3 Å². The summed E-state index contributed by atoms with van der Waals surface area (Å²) in [5.41, 5.74) is 1.33. The number of hydrogen-bond donors (Lipinski definition) is 1. The zero-order valence-electron chi connectivity index (χ0n) is 12.3. The Bertz CT molecular complexity index is 535. The molecule has 21 heavy (non-hydrogen) atoms. The van der Waals surface area contributed by atoms with E-state index < -0.39 is 0 Å². The average molecular weight is 309 g/mol. The first-order valence-electron chi connectivity index (χ1n) is 7.56. The van der Waals surface area contributed by atoms with E-state index in [0.717, 1.165) is 25.1 Å². The lowest BCUT2D eigenvalue weighted by Crippen LogP contribution is -2.42. The molecule has 2 atom stereocenters. The van der Waals surface area contributed by atoms with Crippen LogP contribution in [0.3, 0.4) is 0 Å². The molecular weight excluding hydrogens is 288 g/mol. The molecule has 2 heterocycles. The SMILES string of the molecule is COC(=O)c1cc(Cl)ccc1NC1CCN2CCCC2C1. The third kappa shape index (κ3) is 3.16. The Labute approximate surface area is 130 Å². The topological polar surface area (TPSA) is 41.6 Å². The maximum absolute atomic E-state index is 11.9. The number of ether oxygens (including phenoxy) is 1. The molecule has 2 fully saturated rings. The molecule has 2 aliphatic rings. The quantitative estimate of drug-likeness (QED) is 0.871. The van der Waals surface area contributed by atoms with Crippen LogP contribution in [0.15, 0.2) is 18.2 Å². The zero-order chi connectivity index (χ0) is 14.8. The highest BCUT2D eigenvalue weighted by Gasteiger charge is 2.32. The summed E-state index contributed by atoms with van der Waals surface area (Å²) in [7, 11) is 1.39. The zero-order valence-corrected chi connectivity index (χ0v) is 13.0. The summed E-state index contributed by atoms with van der Waals surface area (Å²) in [5.74, 6) is -0.349. The van der Waals surface area contributed by atoms with Crippen LogP contribution < -0.4 is 5.32 Å². The molecule has 1 aromatic carbocycles. The van der Waals surface area contributed by atoms with E-state index in [-0.39, 0.29) is 5.97 Å². The van der Waals surface area contributed by atoms with Crippen LogP contribution in [0.4, 0.5) is 5.69 Å². The van der Waals surface area contributed by atoms with E-state index in [0.29, 0.717) is 22.7 Å². The lowest BCUT2D eigenvalue weighted by molar-refractivity contribution is 0.0601. The molecule has 0 saturated carbocycles. The highest BCUT2D eigenvalue weighted by atomic mass is 35.5. The second-order valence-corrected chi connectivity index (χ2v) is 6.32. The van der Waals surface area contributed by atoms with Crippen molar-refractivity contribution in [2.75, 3.05) is 25.5 Å². The fourth-order valence-corrected chi connectivity index (χ4v) is 3.67. The Kier molecular flexibility index (Phi) is 4.36. The Morgan fingerprint density at radius 2 is 2.24 bits per heavy atom. The van der Waals surface area contributed by atoms with Crippen molar-refractivity contribution in [3.8, 4) is 0 Å². The smallest absolute Gasteiger partial charge is 0.340 e. The minimum Gasteiger partial charge on any atom is -0.465 e. The third-order valence-corrected chi connectivity index (χ3v) is 4.80. The standard InChI is InChI=1S/C16H21ClN2O2/c1-21-16(20)14-9-11(17)4-5-15(14)18-12-6-8-19-7-2-3-13(19)10-12/h4-5,9,12-13,18H,2-3,6-8,10H2,1H3. The fraction of sp³-hybridized carbons (Fsp3) is 0.562. The summed E-state index contributed by atoms with van der Waals surface area (Å²) in [6.07, 6.45) is 4.86. The molecule has 0 bridgehead atoms. The van der Waals surface area contributed by atoms with Gasteiger partial charge >= 0.3 is 5.97 Å². The molecule has 114 valence electrons. The number of halogens is 1. The average Bonchev–Trinajstić information content (AvgIpc) is 2.96. The van der Waals surface area contributed by atoms with Gasteiger partial charge in [-0.15, -0.1) is 0 Å². The van der Waals surface area contributed by atoms with Gasteiger partial charge in [0.2, 0.25) is 0 Å². The van der Waals surface area contributed by atoms with E-state index in [2.05, 4.69) is 10.2 Å². The van der Waals surface area contributed by atoms with Crippen LogP contribution in [-0.2, 0) is 4.74 Å². The Morgan fingerprint density at radius 1 is 1.38 bits per heavy atom. The van der Waals surface area contributed by atoms with Gasteiger partial charge in [-0.05, 0) is 50.4 Å². The largest absolute Gasteiger partial charge is 0.465 e. The minimum absolute atomic E-state index is 0.349. The van der Waals surface area contributed by atoms with Gasteiger partial charge in [-0.1, -0.05) is 11.6 Å². The van der Waals surface area contributed by atoms with Crippen LogP contribution in [0.2, 0.25) is 5.02 Å². The molecule has 4 nitrogen and oxygen atoms in total. The molecule has 0 aromatic heterocycles. The number of nitrogens with one attached hydrogen (secondary N) is 1. The number of carbonyl (C=O) groups is 1. The molecule has 0 radical (unpaired) electrons. The van der Waals surface area contributed by atoms with Crippen molar-refractivity contribution in [2.45, 2.75) is 37.8 Å². The number of methoxy groups -OCH3 is 1. The van der Waals surface area contributed by atoms with Crippen LogP contribution in [0.5, 0.6) is 0 Å². The second kappa shape index (κ2) is 6.24. The van der Waals surface area contributed by atoms with Gasteiger partial charge in [0.15, 0.2) is 0 Å². The van der Waals surface area contributed by atoms with Gasteiger partial charge in [-0.2, -0.15) is 0 Å². The van der Waals surface area contributed by atoms with Crippen LogP contribution in [0.25, 0.3) is 0 Å². The number of anilines is 1. The van der Waals surface area contributed by atoms with E-state index in [9.17, 15) is 4.79 Å². The van der Waals surface area contributed by atoms with Crippen molar-refractivity contribution in [1.82, 2.24) is 4.90 Å². The molecule has 2 aliphatic heterocycles. The predicted octanol–water partition coefficient (Wildman–Crippen LogP) is 3.17. The van der Waals surface area contributed by atoms with Gasteiger partial charge in [0.05, 0.1) is 12.7 Å². The summed E-state index contributed by atoms with van der Waals surface area (Å²) in [5, 5.41) is 4.07. The lowest BCUT2D eigenvalue weighted by atomic mass is 9.97. The first-order chi connectivity index (χ1) is 10.2.